The van der Waals surface area contributed by atoms with Crippen molar-refractivity contribution in [2.75, 3.05) is 12.4 Å². The number of esters is 1. The number of hydrogen-bond acceptors (Lipinski definition) is 5. The first-order valence-electron chi connectivity index (χ1n) is 8.76. The Hall–Kier alpha value is -1.98. The van der Waals surface area contributed by atoms with Crippen LogP contribution in [0.25, 0.3) is 11.8 Å². The summed E-state index contributed by atoms with van der Waals surface area (Å²) in [7, 11) is 0.918. The molecule has 1 unspecified atom stereocenters. The molecule has 1 aromatic carbocycles. The van der Waals surface area contributed by atoms with E-state index in [1.165, 1.54) is 24.3 Å². The van der Waals surface area contributed by atoms with Gasteiger partial charge < -0.3 is 4.74 Å². The van der Waals surface area contributed by atoms with Crippen molar-refractivity contribution in [3.05, 3.63) is 67.5 Å². The first-order valence-corrected chi connectivity index (χ1v) is 11.1. The van der Waals surface area contributed by atoms with Gasteiger partial charge in [0.25, 0.3) is 5.56 Å². The minimum Gasteiger partial charge on any atom is -0.460 e. The third-order valence-corrected chi connectivity index (χ3v) is 6.18. The predicted molar refractivity (Wildman–Crippen MR) is 118 cm³/mol. The van der Waals surface area contributed by atoms with Crippen LogP contribution in [0, 0.1) is 0 Å². The number of nitrogens with zero attached hydrogens (tertiary/aromatic N) is 2. The molecule has 1 atom stereocenters. The maximum absolute atomic E-state index is 13.0. The van der Waals surface area contributed by atoms with Gasteiger partial charge in [0.15, 0.2) is 0 Å². The zero-order valence-corrected chi connectivity index (χ0v) is 19.4. The van der Waals surface area contributed by atoms with E-state index in [9.17, 15) is 27.6 Å². The van der Waals surface area contributed by atoms with E-state index in [0.717, 1.165) is 18.9 Å². The molecule has 1 aromatic heterocycles. The Balaban J connectivity index is 2.36. The molecule has 0 aliphatic heterocycles. The van der Waals surface area contributed by atoms with E-state index in [1.807, 2.05) is 6.92 Å². The number of hydrogen-bond donors (Lipinski definition) is 0. The summed E-state index contributed by atoms with van der Waals surface area (Å²) in [4.78, 5) is 36.5. The van der Waals surface area contributed by atoms with Crippen molar-refractivity contribution in [2.45, 2.75) is 17.3 Å². The van der Waals surface area contributed by atoms with E-state index in [2.05, 4.69) is 15.9 Å². The monoisotopic (exact) mass is 540 g/mol. The normalized spacial score (nSPS) is 12.9. The molecular weight excluding hydrogens is 525 g/mol. The lowest BCUT2D eigenvalue weighted by atomic mass is 10.2. The van der Waals surface area contributed by atoms with Crippen LogP contribution >= 0.6 is 39.3 Å². The van der Waals surface area contributed by atoms with Gasteiger partial charge in [-0.25, -0.2) is 14.2 Å². The highest BCUT2D eigenvalue weighted by Crippen LogP contribution is 2.27. The van der Waals surface area contributed by atoms with E-state index >= 15 is 0 Å². The Bertz CT molecular complexity index is 1110. The Morgan fingerprint density at radius 3 is 2.61 bits per heavy atom. The largest absolute Gasteiger partial charge is 0.460 e. The lowest BCUT2D eigenvalue weighted by molar-refractivity contribution is -0.144. The van der Waals surface area contributed by atoms with Crippen molar-refractivity contribution in [3.8, 4) is 5.69 Å². The molecule has 1 heterocycles. The maximum Gasteiger partial charge on any atom is 0.431 e. The summed E-state index contributed by atoms with van der Waals surface area (Å²) in [5.41, 5.74) is -3.42. The topological polar surface area (TPSA) is 70.3 Å². The van der Waals surface area contributed by atoms with Gasteiger partial charge in [-0.15, -0.1) is 11.8 Å². The molecule has 0 saturated heterocycles. The molecule has 0 N–H and O–H groups in total. The number of ether oxygens (including phenoxy) is 1. The molecule has 0 spiro atoms. The second-order valence-electron chi connectivity index (χ2n) is 6.08. The number of carbonyl (C=O) groups is 1. The molecule has 0 aliphatic carbocycles. The lowest BCUT2D eigenvalue weighted by Gasteiger charge is -2.14. The van der Waals surface area contributed by atoms with Crippen LogP contribution in [0.4, 0.5) is 13.2 Å². The molecule has 31 heavy (non-hydrogen) atoms. The van der Waals surface area contributed by atoms with Gasteiger partial charge in [-0.05, 0) is 35.6 Å². The molecule has 0 radical (unpaired) electrons. The number of rotatable bonds is 7. The fourth-order valence-electron chi connectivity index (χ4n) is 2.52. The number of benzene rings is 1. The summed E-state index contributed by atoms with van der Waals surface area (Å²) in [5, 5.41) is 0.199. The van der Waals surface area contributed by atoms with Crippen LogP contribution in [0.3, 0.4) is 0 Å². The number of thioether (sulfide) groups is 1. The molecule has 6 nitrogen and oxygen atoms in total. The number of aromatic nitrogens is 2. The fraction of sp³-hybridized carbons (Fsp3) is 0.316. The smallest absolute Gasteiger partial charge is 0.431 e. The van der Waals surface area contributed by atoms with Crippen molar-refractivity contribution in [2.24, 2.45) is 7.05 Å². The van der Waals surface area contributed by atoms with Crippen molar-refractivity contribution in [1.82, 2.24) is 9.13 Å². The summed E-state index contributed by atoms with van der Waals surface area (Å²) in [5.74, 6) is 0.208. The number of halogens is 5. The van der Waals surface area contributed by atoms with Gasteiger partial charge in [0.05, 0.1) is 9.85 Å². The summed E-state index contributed by atoms with van der Waals surface area (Å²) in [6.07, 6.45) is -2.41. The van der Waals surface area contributed by atoms with Crippen LogP contribution in [-0.4, -0.2) is 31.6 Å². The average Bonchev–Trinajstić information content (AvgIpc) is 2.68. The van der Waals surface area contributed by atoms with Gasteiger partial charge in [-0.2, -0.15) is 13.2 Å². The summed E-state index contributed by atoms with van der Waals surface area (Å²) < 4.78 is 45.0. The standard InChI is InChI=1S/C19H17BrClF3N2O4S/c1-3-31-15(20)10-30-17(28)7-4-11-8-12(5-6-13(11)21)26-16(27)9-14(19(22,23)24)25(2)18(26)29/h4-9,15H,3,10H2,1-2H3. The van der Waals surface area contributed by atoms with Crippen LogP contribution in [0.1, 0.15) is 18.2 Å². The van der Waals surface area contributed by atoms with E-state index in [-0.39, 0.29) is 27.0 Å². The first kappa shape index (κ1) is 25.3. The molecule has 0 saturated carbocycles. The Kier molecular flexibility index (Phi) is 8.61. The Labute approximate surface area is 192 Å². The summed E-state index contributed by atoms with van der Waals surface area (Å²) in [6, 6.07) is 4.32. The first-order chi connectivity index (χ1) is 14.5. The predicted octanol–water partition coefficient (Wildman–Crippen LogP) is 4.24. The summed E-state index contributed by atoms with van der Waals surface area (Å²) in [6.45, 7) is 2.11. The minimum atomic E-state index is -4.86. The van der Waals surface area contributed by atoms with E-state index in [1.54, 1.807) is 11.8 Å². The molecule has 12 heteroatoms. The third kappa shape index (κ3) is 6.50. The van der Waals surface area contributed by atoms with Crippen molar-refractivity contribution < 1.29 is 22.7 Å². The minimum absolute atomic E-state index is 0.00314. The van der Waals surface area contributed by atoms with Gasteiger partial charge >= 0.3 is 17.8 Å². The van der Waals surface area contributed by atoms with Gasteiger partial charge in [0.1, 0.15) is 12.3 Å². The molecule has 0 fully saturated rings. The van der Waals surface area contributed by atoms with Gasteiger partial charge in [-0.3, -0.25) is 9.36 Å². The molecule has 0 bridgehead atoms. The van der Waals surface area contributed by atoms with Crippen LogP contribution in [0.2, 0.25) is 5.02 Å². The Morgan fingerprint density at radius 1 is 1.32 bits per heavy atom. The highest BCUT2D eigenvalue weighted by atomic mass is 79.9. The SMILES string of the molecule is CCSC(Br)COC(=O)C=Cc1cc(-n2c(=O)cc(C(F)(F)F)n(C)c2=O)ccc1Cl. The lowest BCUT2D eigenvalue weighted by Crippen LogP contribution is -2.40. The quantitative estimate of drug-likeness (QED) is 0.298. The highest BCUT2D eigenvalue weighted by Gasteiger charge is 2.35. The van der Waals surface area contributed by atoms with Crippen LogP contribution in [0.5, 0.6) is 0 Å². The average molecular weight is 542 g/mol. The van der Waals surface area contributed by atoms with Gasteiger partial charge in [-0.1, -0.05) is 34.5 Å². The van der Waals surface area contributed by atoms with Crippen LogP contribution < -0.4 is 11.2 Å². The van der Waals surface area contributed by atoms with Crippen LogP contribution in [0.15, 0.2) is 39.9 Å². The zero-order chi connectivity index (χ0) is 23.3. The van der Waals surface area contributed by atoms with Gasteiger partial charge in [0, 0.05) is 24.2 Å². The van der Waals surface area contributed by atoms with E-state index in [0.29, 0.717) is 15.2 Å². The Morgan fingerprint density at radius 2 is 2.00 bits per heavy atom. The third-order valence-electron chi connectivity index (χ3n) is 3.95. The molecular formula is C19H17BrClF3N2O4S. The second kappa shape index (κ2) is 10.6. The maximum atomic E-state index is 13.0. The fourth-order valence-corrected chi connectivity index (χ4v) is 4.15. The zero-order valence-electron chi connectivity index (χ0n) is 16.3. The summed E-state index contributed by atoms with van der Waals surface area (Å²) >= 11 is 11.0. The van der Waals surface area contributed by atoms with Crippen molar-refractivity contribution in [1.29, 1.82) is 0 Å². The number of alkyl halides is 4. The van der Waals surface area contributed by atoms with E-state index in [4.69, 9.17) is 16.3 Å². The van der Waals surface area contributed by atoms with Crippen molar-refractivity contribution >= 4 is 51.3 Å². The number of carbonyl (C=O) groups excluding carboxylic acids is 1. The molecule has 2 aromatic rings. The molecule has 168 valence electrons. The molecule has 0 aliphatic rings. The van der Waals surface area contributed by atoms with Crippen LogP contribution in [-0.2, 0) is 22.8 Å². The van der Waals surface area contributed by atoms with E-state index < -0.39 is 29.1 Å². The second-order valence-corrected chi connectivity index (χ2v) is 9.68. The van der Waals surface area contributed by atoms with Crippen molar-refractivity contribution in [3.63, 3.8) is 0 Å². The highest BCUT2D eigenvalue weighted by molar-refractivity contribution is 9.11. The molecule has 0 amide bonds. The van der Waals surface area contributed by atoms with Gasteiger partial charge in [0.2, 0.25) is 0 Å². The molecule has 2 rings (SSSR count).